The Morgan fingerprint density at radius 3 is 2.24 bits per heavy atom. The van der Waals surface area contributed by atoms with Gasteiger partial charge in [-0.15, -0.1) is 11.3 Å². The fourth-order valence-corrected chi connectivity index (χ4v) is 2.05. The number of nitrogens with zero attached hydrogens (tertiary/aromatic N) is 1. The van der Waals surface area contributed by atoms with E-state index in [0.717, 1.165) is 24.3 Å². The van der Waals surface area contributed by atoms with Gasteiger partial charge >= 0.3 is 12.1 Å². The second kappa shape index (κ2) is 4.45. The van der Waals surface area contributed by atoms with E-state index in [0.29, 0.717) is 0 Å². The van der Waals surface area contributed by atoms with E-state index in [1.807, 2.05) is 0 Å². The number of hydrogen-bond acceptors (Lipinski definition) is 2. The van der Waals surface area contributed by atoms with E-state index in [1.165, 1.54) is 17.5 Å². The number of hydrogen-bond donors (Lipinski definition) is 0. The lowest BCUT2D eigenvalue weighted by molar-refractivity contribution is -0.254. The zero-order valence-corrected chi connectivity index (χ0v) is 9.29. The van der Waals surface area contributed by atoms with E-state index in [-0.39, 0.29) is 4.88 Å². The maximum atomic E-state index is 13.3. The van der Waals surface area contributed by atoms with Crippen LogP contribution in [-0.2, 0) is 0 Å². The van der Waals surface area contributed by atoms with Gasteiger partial charge in [-0.1, -0.05) is 6.07 Å². The molecule has 0 fully saturated rings. The van der Waals surface area contributed by atoms with Gasteiger partial charge in [0, 0.05) is 10.5 Å². The Balaban J connectivity index is 3.45. The molecule has 0 unspecified atom stereocenters. The highest BCUT2D eigenvalue weighted by Crippen LogP contribution is 2.47. The molecule has 1 aromatic rings. The molecule has 1 heterocycles. The monoisotopic (exact) mass is 267 g/mol. The molecule has 1 rings (SSSR count). The van der Waals surface area contributed by atoms with Gasteiger partial charge in [0.1, 0.15) is 0 Å². The van der Waals surface area contributed by atoms with Crippen molar-refractivity contribution in [1.82, 2.24) is 0 Å². The number of thiophene rings is 1. The third-order valence-corrected chi connectivity index (χ3v) is 2.87. The normalized spacial score (nSPS) is 14.2. The summed E-state index contributed by atoms with van der Waals surface area (Å²) in [6.07, 6.45) is -5.72. The summed E-state index contributed by atoms with van der Waals surface area (Å²) in [4.78, 5) is -0.258. The molecule has 1 nitrogen and oxygen atoms in total. The highest BCUT2D eigenvalue weighted by atomic mass is 32.1. The summed E-state index contributed by atoms with van der Waals surface area (Å²) in [5.74, 6) is -5.03. The van der Waals surface area contributed by atoms with Crippen LogP contribution in [0.15, 0.2) is 23.1 Å². The Bertz CT molecular complexity index is 464. The van der Waals surface area contributed by atoms with Gasteiger partial charge in [-0.3, -0.25) is 0 Å². The van der Waals surface area contributed by atoms with Gasteiger partial charge in [0.25, 0.3) is 0 Å². The molecular weight excluding hydrogens is 261 g/mol. The fraction of sp³-hybridized carbons (Fsp3) is 0.300. The molecule has 0 radical (unpaired) electrons. The molecule has 17 heavy (non-hydrogen) atoms. The molecule has 7 heteroatoms. The smallest absolute Gasteiger partial charge is 0.193 e. The number of alkyl halides is 5. The van der Waals surface area contributed by atoms with Crippen molar-refractivity contribution in [2.45, 2.75) is 19.0 Å². The van der Waals surface area contributed by atoms with Gasteiger partial charge in [-0.05, 0) is 18.4 Å². The minimum atomic E-state index is -5.72. The van der Waals surface area contributed by atoms with E-state index in [1.54, 1.807) is 0 Å². The lowest BCUT2D eigenvalue weighted by Crippen LogP contribution is -2.37. The van der Waals surface area contributed by atoms with E-state index >= 15 is 0 Å². The van der Waals surface area contributed by atoms with Crippen molar-refractivity contribution in [1.29, 1.82) is 5.26 Å². The quantitative estimate of drug-likeness (QED) is 0.580. The molecule has 0 aliphatic heterocycles. The number of allylic oxidation sites excluding steroid dienone is 2. The molecule has 0 aliphatic rings. The summed E-state index contributed by atoms with van der Waals surface area (Å²) < 4.78 is 63.4. The van der Waals surface area contributed by atoms with Crippen LogP contribution in [-0.4, -0.2) is 12.1 Å². The van der Waals surface area contributed by atoms with Crippen molar-refractivity contribution in [3.63, 3.8) is 0 Å². The predicted octanol–water partition coefficient (Wildman–Crippen LogP) is 4.24. The van der Waals surface area contributed by atoms with Crippen LogP contribution in [0.25, 0.3) is 5.57 Å². The molecule has 92 valence electrons. The minimum absolute atomic E-state index is 0.258. The summed E-state index contributed by atoms with van der Waals surface area (Å²) in [7, 11) is 0. The Kier molecular flexibility index (Phi) is 3.57. The predicted molar refractivity (Wildman–Crippen MR) is 53.5 cm³/mol. The van der Waals surface area contributed by atoms with Gasteiger partial charge < -0.3 is 0 Å². The van der Waals surface area contributed by atoms with Crippen LogP contribution in [0.3, 0.4) is 0 Å². The molecule has 0 aliphatic carbocycles. The average Bonchev–Trinajstić information content (AvgIpc) is 2.68. The van der Waals surface area contributed by atoms with E-state index in [4.69, 9.17) is 5.26 Å². The van der Waals surface area contributed by atoms with Gasteiger partial charge in [0.15, 0.2) is 0 Å². The van der Waals surface area contributed by atoms with Crippen molar-refractivity contribution in [3.8, 4) is 6.07 Å². The van der Waals surface area contributed by atoms with Gasteiger partial charge in [0.2, 0.25) is 0 Å². The maximum absolute atomic E-state index is 13.3. The van der Waals surface area contributed by atoms with Crippen LogP contribution in [0, 0.1) is 11.3 Å². The first-order valence-corrected chi connectivity index (χ1v) is 5.19. The van der Waals surface area contributed by atoms with Crippen molar-refractivity contribution < 1.29 is 22.0 Å². The number of rotatable bonds is 2. The van der Waals surface area contributed by atoms with Gasteiger partial charge in [-0.2, -0.15) is 27.2 Å². The van der Waals surface area contributed by atoms with Crippen molar-refractivity contribution >= 4 is 16.9 Å². The first-order valence-electron chi connectivity index (χ1n) is 4.31. The molecule has 1 aromatic heterocycles. The largest absolute Gasteiger partial charge is 0.458 e. The average molecular weight is 267 g/mol. The molecule has 0 spiro atoms. The highest BCUT2D eigenvalue weighted by molar-refractivity contribution is 7.11. The van der Waals surface area contributed by atoms with Crippen molar-refractivity contribution in [2.24, 2.45) is 0 Å². The summed E-state index contributed by atoms with van der Waals surface area (Å²) in [5, 5.41) is 9.90. The molecule has 0 atom stereocenters. The minimum Gasteiger partial charge on any atom is -0.193 e. The van der Waals surface area contributed by atoms with Crippen LogP contribution in [0.4, 0.5) is 22.0 Å². The third kappa shape index (κ3) is 2.47. The first-order chi connectivity index (χ1) is 7.71. The third-order valence-electron chi connectivity index (χ3n) is 1.98. The summed E-state index contributed by atoms with van der Waals surface area (Å²) in [6, 6.07) is 3.81. The van der Waals surface area contributed by atoms with Crippen molar-refractivity contribution in [2.75, 3.05) is 0 Å². The summed E-state index contributed by atoms with van der Waals surface area (Å²) in [5.41, 5.74) is -1.92. The van der Waals surface area contributed by atoms with Crippen LogP contribution in [0.2, 0.25) is 0 Å². The maximum Gasteiger partial charge on any atom is 0.458 e. The van der Waals surface area contributed by atoms with Gasteiger partial charge in [0.05, 0.1) is 11.6 Å². The number of nitriles is 1. The van der Waals surface area contributed by atoms with E-state index < -0.39 is 23.2 Å². The van der Waals surface area contributed by atoms with Gasteiger partial charge in [-0.25, -0.2) is 0 Å². The second-order valence-electron chi connectivity index (χ2n) is 3.16. The van der Waals surface area contributed by atoms with Crippen LogP contribution in [0.1, 0.15) is 11.8 Å². The summed E-state index contributed by atoms with van der Waals surface area (Å²) >= 11 is 0.729. The van der Waals surface area contributed by atoms with E-state index in [2.05, 4.69) is 0 Å². The molecule has 0 bridgehead atoms. The summed E-state index contributed by atoms with van der Waals surface area (Å²) in [6.45, 7) is 0.939. The topological polar surface area (TPSA) is 23.8 Å². The first kappa shape index (κ1) is 13.6. The zero-order valence-electron chi connectivity index (χ0n) is 8.48. The fourth-order valence-electron chi connectivity index (χ4n) is 1.19. The van der Waals surface area contributed by atoms with Crippen LogP contribution in [0.5, 0.6) is 0 Å². The Hall–Kier alpha value is -1.42. The van der Waals surface area contributed by atoms with Crippen LogP contribution >= 0.6 is 11.3 Å². The Labute approximate surface area is 97.8 Å². The molecule has 0 saturated carbocycles. The van der Waals surface area contributed by atoms with Crippen LogP contribution < -0.4 is 0 Å². The lowest BCUT2D eigenvalue weighted by atomic mass is 10.0. The zero-order chi connectivity index (χ0) is 13.3. The molecular formula is C10H6F5NS. The number of halogens is 5. The van der Waals surface area contributed by atoms with E-state index in [9.17, 15) is 22.0 Å². The second-order valence-corrected chi connectivity index (χ2v) is 4.11. The molecule has 0 aromatic carbocycles. The molecule has 0 amide bonds. The standard InChI is InChI=1S/C10H6F5NS/c1-6(5-16)8(7-3-2-4-17-7)9(11,12)10(13,14)15/h2-4H,1H3/b8-6-. The highest BCUT2D eigenvalue weighted by Gasteiger charge is 2.61. The Morgan fingerprint density at radius 2 is 1.88 bits per heavy atom. The lowest BCUT2D eigenvalue weighted by Gasteiger charge is -2.22. The SMILES string of the molecule is C/C(C#N)=C(\c1cccs1)C(F)(F)C(F)(F)F. The Morgan fingerprint density at radius 1 is 1.29 bits per heavy atom. The molecule has 0 N–H and O–H groups in total. The molecule has 0 saturated heterocycles. The van der Waals surface area contributed by atoms with Crippen molar-refractivity contribution in [3.05, 3.63) is 28.0 Å².